The van der Waals surface area contributed by atoms with Gasteiger partial charge in [-0.1, -0.05) is 37.6 Å². The Bertz CT molecular complexity index is 855. The number of nitrogens with zero attached hydrogens (tertiary/aromatic N) is 2. The molecule has 1 fully saturated rings. The number of amides is 1. The van der Waals surface area contributed by atoms with Gasteiger partial charge in [-0.05, 0) is 43.9 Å². The van der Waals surface area contributed by atoms with Crippen molar-refractivity contribution in [3.8, 4) is 0 Å². The van der Waals surface area contributed by atoms with Gasteiger partial charge in [0.05, 0.1) is 12.2 Å². The maximum atomic E-state index is 12.2. The summed E-state index contributed by atoms with van der Waals surface area (Å²) < 4.78 is 5.45. The molecule has 0 saturated heterocycles. The van der Waals surface area contributed by atoms with Crippen LogP contribution < -0.4 is 16.0 Å². The minimum absolute atomic E-state index is 0. The lowest BCUT2D eigenvalue weighted by Crippen LogP contribution is -2.37. The van der Waals surface area contributed by atoms with E-state index in [0.717, 1.165) is 72.9 Å². The van der Waals surface area contributed by atoms with Gasteiger partial charge in [0.15, 0.2) is 5.96 Å². The number of halogens is 1. The summed E-state index contributed by atoms with van der Waals surface area (Å²) in [5.41, 5.74) is 3.99. The summed E-state index contributed by atoms with van der Waals surface area (Å²) in [6, 6.07) is 7.90. The number of aryl methyl sites for hydroxylation is 2. The Kier molecular flexibility index (Phi) is 10.3. The zero-order valence-electron chi connectivity index (χ0n) is 18.7. The number of carbonyl (C=O) groups excluding carboxylic acids is 1. The molecule has 8 heteroatoms. The highest BCUT2D eigenvalue weighted by atomic mass is 127. The molecule has 3 N–H and O–H groups in total. The van der Waals surface area contributed by atoms with Gasteiger partial charge in [-0.2, -0.15) is 0 Å². The molecule has 1 amide bonds. The number of benzene rings is 1. The Balaban J connectivity index is 0.00000341. The first-order valence-electron chi connectivity index (χ1n) is 11.0. The lowest BCUT2D eigenvalue weighted by Gasteiger charge is -2.24. The second kappa shape index (κ2) is 12.7. The Hall–Kier alpha value is -2.10. The molecular formula is C23H34IN5O2. The van der Waals surface area contributed by atoms with E-state index in [9.17, 15) is 4.79 Å². The van der Waals surface area contributed by atoms with Crippen LogP contribution in [0.4, 0.5) is 5.69 Å². The first-order chi connectivity index (χ1) is 14.6. The van der Waals surface area contributed by atoms with Crippen LogP contribution in [0.3, 0.4) is 0 Å². The maximum Gasteiger partial charge on any atom is 0.227 e. The lowest BCUT2D eigenvalue weighted by molar-refractivity contribution is -0.122. The second-order valence-electron chi connectivity index (χ2n) is 7.60. The fraction of sp³-hybridized carbons (Fsp3) is 0.522. The van der Waals surface area contributed by atoms with Gasteiger partial charge in [0.2, 0.25) is 5.91 Å². The van der Waals surface area contributed by atoms with Gasteiger partial charge in [-0.15, -0.1) is 24.0 Å². The van der Waals surface area contributed by atoms with Crippen molar-refractivity contribution < 1.29 is 9.32 Å². The standard InChI is InChI=1S/C23H33N5O2.HI/c1-4-20-19(21(5-2)30-28-20)15-26-23(24-6-3)25-14-16-9-7-12-18(13-16)27-22(29)17-10-8-11-17;/h7,9,12-13,17H,4-6,8,10-11,14-15H2,1-3H3,(H,27,29)(H2,24,25,26);1H. The summed E-state index contributed by atoms with van der Waals surface area (Å²) in [5, 5.41) is 13.9. The highest BCUT2D eigenvalue weighted by molar-refractivity contribution is 14.0. The number of hydrogen-bond donors (Lipinski definition) is 3. The first-order valence-corrected chi connectivity index (χ1v) is 11.0. The Labute approximate surface area is 201 Å². The van der Waals surface area contributed by atoms with Crippen LogP contribution in [0, 0.1) is 5.92 Å². The quantitative estimate of drug-likeness (QED) is 0.250. The van der Waals surface area contributed by atoms with Crippen LogP contribution in [-0.4, -0.2) is 23.6 Å². The average Bonchev–Trinajstić information content (AvgIpc) is 3.11. The van der Waals surface area contributed by atoms with Crippen LogP contribution in [-0.2, 0) is 30.7 Å². The molecule has 7 nitrogen and oxygen atoms in total. The van der Waals surface area contributed by atoms with Crippen LogP contribution in [0.5, 0.6) is 0 Å². The van der Waals surface area contributed by atoms with Crippen molar-refractivity contribution >= 4 is 41.5 Å². The summed E-state index contributed by atoms with van der Waals surface area (Å²) in [6.45, 7) is 8.11. The Morgan fingerprint density at radius 1 is 1.19 bits per heavy atom. The molecule has 1 aliphatic rings. The van der Waals surface area contributed by atoms with E-state index < -0.39 is 0 Å². The molecule has 3 rings (SSSR count). The largest absolute Gasteiger partial charge is 0.361 e. The van der Waals surface area contributed by atoms with E-state index in [-0.39, 0.29) is 35.8 Å². The van der Waals surface area contributed by atoms with Crippen LogP contribution >= 0.6 is 24.0 Å². The molecular weight excluding hydrogens is 505 g/mol. The number of hydrogen-bond acceptors (Lipinski definition) is 4. The summed E-state index contributed by atoms with van der Waals surface area (Å²) in [5.74, 6) is 1.97. The summed E-state index contributed by atoms with van der Waals surface area (Å²) in [4.78, 5) is 16.9. The minimum atomic E-state index is 0. The van der Waals surface area contributed by atoms with Crippen molar-refractivity contribution in [3.63, 3.8) is 0 Å². The number of carbonyl (C=O) groups is 1. The molecule has 0 aliphatic heterocycles. The SMILES string of the molecule is CCNC(=NCc1cccc(NC(=O)C2CCC2)c1)NCc1c(CC)noc1CC.I. The van der Waals surface area contributed by atoms with Gasteiger partial charge in [0.1, 0.15) is 5.76 Å². The third-order valence-electron chi connectivity index (χ3n) is 5.47. The molecule has 1 aliphatic carbocycles. The van der Waals surface area contributed by atoms with E-state index in [0.29, 0.717) is 13.1 Å². The number of aromatic nitrogens is 1. The lowest BCUT2D eigenvalue weighted by atomic mass is 9.85. The predicted molar refractivity (Wildman–Crippen MR) is 135 cm³/mol. The number of guanidine groups is 1. The number of rotatable bonds is 9. The molecule has 170 valence electrons. The molecule has 0 spiro atoms. The average molecular weight is 539 g/mol. The first kappa shape index (κ1) is 25.2. The molecule has 0 bridgehead atoms. The minimum Gasteiger partial charge on any atom is -0.361 e. The third kappa shape index (κ3) is 6.95. The van der Waals surface area contributed by atoms with Gasteiger partial charge >= 0.3 is 0 Å². The van der Waals surface area contributed by atoms with E-state index in [2.05, 4.69) is 35.0 Å². The maximum absolute atomic E-state index is 12.2. The van der Waals surface area contributed by atoms with Crippen molar-refractivity contribution in [3.05, 3.63) is 46.8 Å². The van der Waals surface area contributed by atoms with E-state index >= 15 is 0 Å². The Morgan fingerprint density at radius 2 is 2.00 bits per heavy atom. The number of aliphatic imine (C=N–C) groups is 1. The predicted octanol–water partition coefficient (Wildman–Crippen LogP) is 4.41. The van der Waals surface area contributed by atoms with Gasteiger partial charge in [0, 0.05) is 36.7 Å². The van der Waals surface area contributed by atoms with E-state index in [1.807, 2.05) is 31.2 Å². The van der Waals surface area contributed by atoms with Crippen molar-refractivity contribution in [2.45, 2.75) is 66.0 Å². The smallest absolute Gasteiger partial charge is 0.227 e. The van der Waals surface area contributed by atoms with Gasteiger partial charge < -0.3 is 20.5 Å². The van der Waals surface area contributed by atoms with Crippen molar-refractivity contribution in [1.29, 1.82) is 0 Å². The molecule has 31 heavy (non-hydrogen) atoms. The van der Waals surface area contributed by atoms with Gasteiger partial charge in [-0.25, -0.2) is 4.99 Å². The van der Waals surface area contributed by atoms with Gasteiger partial charge in [-0.3, -0.25) is 4.79 Å². The fourth-order valence-corrected chi connectivity index (χ4v) is 3.48. The molecule has 2 aromatic rings. The highest BCUT2D eigenvalue weighted by Crippen LogP contribution is 2.27. The van der Waals surface area contributed by atoms with Crippen LogP contribution in [0.2, 0.25) is 0 Å². The molecule has 1 saturated carbocycles. The van der Waals surface area contributed by atoms with Crippen molar-refractivity contribution in [2.24, 2.45) is 10.9 Å². The van der Waals surface area contributed by atoms with E-state index in [4.69, 9.17) is 9.52 Å². The zero-order chi connectivity index (χ0) is 21.3. The van der Waals surface area contributed by atoms with E-state index in [1.165, 1.54) is 0 Å². The summed E-state index contributed by atoms with van der Waals surface area (Å²) >= 11 is 0. The van der Waals surface area contributed by atoms with Crippen LogP contribution in [0.1, 0.15) is 62.6 Å². The topological polar surface area (TPSA) is 91.5 Å². The summed E-state index contributed by atoms with van der Waals surface area (Å²) in [7, 11) is 0. The molecule has 1 aromatic heterocycles. The van der Waals surface area contributed by atoms with E-state index in [1.54, 1.807) is 0 Å². The highest BCUT2D eigenvalue weighted by Gasteiger charge is 2.25. The van der Waals surface area contributed by atoms with Crippen LogP contribution in [0.15, 0.2) is 33.8 Å². The monoisotopic (exact) mass is 539 g/mol. The normalized spacial score (nSPS) is 13.8. The number of anilines is 1. The zero-order valence-corrected chi connectivity index (χ0v) is 21.0. The third-order valence-corrected chi connectivity index (χ3v) is 5.47. The van der Waals surface area contributed by atoms with Gasteiger partial charge in [0.25, 0.3) is 0 Å². The fourth-order valence-electron chi connectivity index (χ4n) is 3.48. The molecule has 0 unspecified atom stereocenters. The summed E-state index contributed by atoms with van der Waals surface area (Å²) in [6.07, 6.45) is 4.81. The molecule has 0 radical (unpaired) electrons. The second-order valence-corrected chi connectivity index (χ2v) is 7.60. The van der Waals surface area contributed by atoms with Crippen molar-refractivity contribution in [1.82, 2.24) is 15.8 Å². The van der Waals surface area contributed by atoms with Crippen LogP contribution in [0.25, 0.3) is 0 Å². The molecule has 1 aromatic carbocycles. The molecule has 0 atom stereocenters. The number of nitrogens with one attached hydrogen (secondary N) is 3. The Morgan fingerprint density at radius 3 is 2.65 bits per heavy atom. The molecule has 1 heterocycles. The van der Waals surface area contributed by atoms with Crippen molar-refractivity contribution in [2.75, 3.05) is 11.9 Å².